The molecule has 1 saturated heterocycles. The van der Waals surface area contributed by atoms with Crippen molar-refractivity contribution in [2.75, 3.05) is 48.9 Å². The molecule has 0 radical (unpaired) electrons. The Morgan fingerprint density at radius 3 is 2.37 bits per heavy atom. The fourth-order valence-electron chi connectivity index (χ4n) is 5.84. The number of carbonyl (C=O) groups excluding carboxylic acids is 7. The number of ether oxygens (including phenoxy) is 2. The summed E-state index contributed by atoms with van der Waals surface area (Å²) in [7, 11) is 0. The van der Waals surface area contributed by atoms with Crippen LogP contribution in [0.2, 0.25) is 0 Å². The fraction of sp³-hybridized carbons (Fsp3) is 0.216. The van der Waals surface area contributed by atoms with E-state index >= 15 is 0 Å². The zero-order valence-corrected chi connectivity index (χ0v) is 28.5. The van der Waals surface area contributed by atoms with Crippen molar-refractivity contribution in [3.8, 4) is 6.07 Å². The Morgan fingerprint density at radius 1 is 0.870 bits per heavy atom. The second-order valence-corrected chi connectivity index (χ2v) is 12.0. The number of para-hydroxylation sites is 1. The summed E-state index contributed by atoms with van der Waals surface area (Å²) in [5.74, 6) is -4.41. The van der Waals surface area contributed by atoms with Crippen LogP contribution >= 0.6 is 0 Å². The predicted molar refractivity (Wildman–Crippen MR) is 191 cm³/mol. The van der Waals surface area contributed by atoms with E-state index in [1.165, 1.54) is 24.4 Å². The van der Waals surface area contributed by atoms with E-state index in [1.807, 2.05) is 30.3 Å². The number of anilines is 4. The number of amides is 7. The second-order valence-electron chi connectivity index (χ2n) is 12.0. The maximum absolute atomic E-state index is 13.2. The van der Waals surface area contributed by atoms with Crippen LogP contribution in [0.15, 0.2) is 72.9 Å². The monoisotopic (exact) mass is 732 g/mol. The number of carbonyl (C=O) groups is 7. The van der Waals surface area contributed by atoms with Crippen molar-refractivity contribution >= 4 is 75.0 Å². The van der Waals surface area contributed by atoms with Gasteiger partial charge in [-0.2, -0.15) is 5.26 Å². The summed E-state index contributed by atoms with van der Waals surface area (Å²) in [4.78, 5) is 92.6. The van der Waals surface area contributed by atoms with Crippen LogP contribution in [-0.4, -0.2) is 90.2 Å². The van der Waals surface area contributed by atoms with Gasteiger partial charge in [0, 0.05) is 29.4 Å². The highest BCUT2D eigenvalue weighted by Crippen LogP contribution is 2.33. The number of pyridine rings is 1. The third kappa shape index (κ3) is 8.36. The molecular weight excluding hydrogens is 700 g/mol. The Hall–Kier alpha value is -7.03. The molecule has 0 bridgehead atoms. The number of rotatable bonds is 14. The van der Waals surface area contributed by atoms with Crippen molar-refractivity contribution in [1.82, 2.24) is 20.5 Å². The third-order valence-corrected chi connectivity index (χ3v) is 8.34. The summed E-state index contributed by atoms with van der Waals surface area (Å²) >= 11 is 0. The lowest BCUT2D eigenvalue weighted by molar-refractivity contribution is -0.136. The first-order valence-corrected chi connectivity index (χ1v) is 16.6. The Balaban J connectivity index is 0.911. The molecule has 0 saturated carbocycles. The van der Waals surface area contributed by atoms with Gasteiger partial charge in [-0.1, -0.05) is 24.3 Å². The minimum absolute atomic E-state index is 0.00355. The first-order chi connectivity index (χ1) is 26.1. The van der Waals surface area contributed by atoms with Crippen molar-refractivity contribution in [2.24, 2.45) is 0 Å². The highest BCUT2D eigenvalue weighted by molar-refractivity contribution is 6.26. The summed E-state index contributed by atoms with van der Waals surface area (Å²) in [5.41, 5.74) is 2.66. The number of aromatic nitrogens is 1. The third-order valence-electron chi connectivity index (χ3n) is 8.34. The molecule has 1 unspecified atom stereocenters. The van der Waals surface area contributed by atoms with Crippen LogP contribution in [0.25, 0.3) is 10.9 Å². The van der Waals surface area contributed by atoms with E-state index in [9.17, 15) is 38.8 Å². The first-order valence-electron chi connectivity index (χ1n) is 16.6. The van der Waals surface area contributed by atoms with E-state index in [0.29, 0.717) is 27.8 Å². The lowest BCUT2D eigenvalue weighted by atomic mass is 10.0. The highest BCUT2D eigenvalue weighted by Gasteiger charge is 2.45. The van der Waals surface area contributed by atoms with Crippen molar-refractivity contribution in [1.29, 1.82) is 5.26 Å². The average Bonchev–Trinajstić information content (AvgIpc) is 3.42. The molecule has 274 valence electrons. The SMILES string of the molecule is N#Cc1cnc2ccc(NC(=O)CNC(=O)COCCOCC(=O)Nc3cccc4c3C(=O)N(C3CCC(=O)NC3=O)C4=O)cc2c1Nc1ccccc1. The van der Waals surface area contributed by atoms with E-state index in [1.54, 1.807) is 18.2 Å². The van der Waals surface area contributed by atoms with E-state index in [2.05, 4.69) is 37.6 Å². The molecule has 3 heterocycles. The summed E-state index contributed by atoms with van der Waals surface area (Å²) in [6.07, 6.45) is 1.44. The van der Waals surface area contributed by atoms with Crippen LogP contribution in [0, 0.1) is 11.3 Å². The summed E-state index contributed by atoms with van der Waals surface area (Å²) in [6, 6.07) is 19.6. The highest BCUT2D eigenvalue weighted by atomic mass is 16.5. The number of fused-ring (bicyclic) bond motifs is 2. The molecule has 3 aromatic carbocycles. The maximum atomic E-state index is 13.2. The molecule has 17 nitrogen and oxygen atoms in total. The van der Waals surface area contributed by atoms with Crippen molar-refractivity contribution in [2.45, 2.75) is 18.9 Å². The summed E-state index contributed by atoms with van der Waals surface area (Å²) < 4.78 is 10.6. The van der Waals surface area contributed by atoms with E-state index < -0.39 is 54.0 Å². The molecule has 0 aliphatic carbocycles. The summed E-state index contributed by atoms with van der Waals surface area (Å²) in [5, 5.41) is 23.3. The van der Waals surface area contributed by atoms with Crippen molar-refractivity contribution in [3.63, 3.8) is 0 Å². The van der Waals surface area contributed by atoms with Crippen LogP contribution in [-0.2, 0) is 33.4 Å². The van der Waals surface area contributed by atoms with Gasteiger partial charge in [0.1, 0.15) is 25.3 Å². The van der Waals surface area contributed by atoms with Gasteiger partial charge in [0.2, 0.25) is 29.5 Å². The van der Waals surface area contributed by atoms with Gasteiger partial charge in [0.25, 0.3) is 11.8 Å². The number of nitrogens with zero attached hydrogens (tertiary/aromatic N) is 3. The molecule has 1 aromatic heterocycles. The fourth-order valence-corrected chi connectivity index (χ4v) is 5.84. The maximum Gasteiger partial charge on any atom is 0.264 e. The van der Waals surface area contributed by atoms with E-state index in [-0.39, 0.29) is 56.0 Å². The standard InChI is InChI=1S/C37H32N8O9/c38-16-21-17-39-26-10-9-23(15-25(26)34(21)42-22-5-2-1-3-6-22)41-30(47)18-40-31(48)19-53-13-14-54-20-32(49)43-27-8-4-7-24-33(27)37(52)45(36(24)51)28-11-12-29(46)44-35(28)50/h1-10,15,17,28H,11-14,18-20H2,(H,39,42)(H,40,48)(H,41,47)(H,43,49)(H,44,46,50). The molecule has 4 aromatic rings. The Labute approximate surface area is 307 Å². The van der Waals surface area contributed by atoms with Gasteiger partial charge in [0.05, 0.1) is 53.3 Å². The largest absolute Gasteiger partial charge is 0.369 e. The van der Waals surface area contributed by atoms with Gasteiger partial charge in [-0.3, -0.25) is 48.8 Å². The van der Waals surface area contributed by atoms with Crippen LogP contribution in [0.3, 0.4) is 0 Å². The number of nitriles is 1. The molecule has 2 aliphatic heterocycles. The van der Waals surface area contributed by atoms with Gasteiger partial charge in [-0.25, -0.2) is 0 Å². The van der Waals surface area contributed by atoms with Crippen LogP contribution in [0.4, 0.5) is 22.7 Å². The molecule has 17 heteroatoms. The van der Waals surface area contributed by atoms with Gasteiger partial charge >= 0.3 is 0 Å². The van der Waals surface area contributed by atoms with Gasteiger partial charge in [-0.05, 0) is 48.9 Å². The molecule has 7 amide bonds. The molecule has 6 rings (SSSR count). The lowest BCUT2D eigenvalue weighted by Crippen LogP contribution is -2.54. The number of piperidine rings is 1. The smallest absolute Gasteiger partial charge is 0.264 e. The molecule has 0 spiro atoms. The first kappa shape index (κ1) is 36.8. The molecule has 5 N–H and O–H groups in total. The minimum Gasteiger partial charge on any atom is -0.369 e. The Kier molecular flexibility index (Phi) is 11.3. The number of hydrogen-bond donors (Lipinski definition) is 5. The normalized spacial score (nSPS) is 14.9. The number of nitrogens with one attached hydrogen (secondary N) is 5. The summed E-state index contributed by atoms with van der Waals surface area (Å²) in [6.45, 7) is -1.29. The lowest BCUT2D eigenvalue weighted by Gasteiger charge is -2.27. The molecular formula is C37H32N8O9. The number of imide groups is 2. The Bertz CT molecular complexity index is 2220. The van der Waals surface area contributed by atoms with Gasteiger partial charge < -0.3 is 30.7 Å². The number of benzene rings is 3. The van der Waals surface area contributed by atoms with Crippen LogP contribution in [0.1, 0.15) is 39.1 Å². The Morgan fingerprint density at radius 2 is 1.63 bits per heavy atom. The van der Waals surface area contributed by atoms with Crippen molar-refractivity contribution < 1.29 is 43.0 Å². The van der Waals surface area contributed by atoms with Crippen LogP contribution in [0.5, 0.6) is 0 Å². The quantitative estimate of drug-likeness (QED) is 0.0924. The number of hydrogen-bond acceptors (Lipinski definition) is 12. The topological polar surface area (TPSA) is 238 Å². The van der Waals surface area contributed by atoms with Crippen molar-refractivity contribution in [3.05, 3.63) is 89.6 Å². The van der Waals surface area contributed by atoms with Gasteiger partial charge in [-0.15, -0.1) is 0 Å². The minimum atomic E-state index is -1.15. The second kappa shape index (κ2) is 16.5. The molecule has 1 atom stereocenters. The molecule has 2 aliphatic rings. The van der Waals surface area contributed by atoms with E-state index in [4.69, 9.17) is 9.47 Å². The van der Waals surface area contributed by atoms with E-state index in [0.717, 1.165) is 10.6 Å². The van der Waals surface area contributed by atoms with Gasteiger partial charge in [0.15, 0.2) is 0 Å². The molecule has 54 heavy (non-hydrogen) atoms. The van der Waals surface area contributed by atoms with Crippen LogP contribution < -0.4 is 26.6 Å². The average molecular weight is 733 g/mol. The molecule has 1 fully saturated rings. The zero-order chi connectivity index (χ0) is 38.2. The zero-order valence-electron chi connectivity index (χ0n) is 28.5. The predicted octanol–water partition coefficient (Wildman–Crippen LogP) is 1.98.